The van der Waals surface area contributed by atoms with Crippen molar-refractivity contribution in [3.05, 3.63) is 0 Å². The highest BCUT2D eigenvalue weighted by atomic mass is 32.1. The van der Waals surface area contributed by atoms with E-state index in [9.17, 15) is 14.4 Å². The summed E-state index contributed by atoms with van der Waals surface area (Å²) >= 11 is 2.83. The highest BCUT2D eigenvalue weighted by molar-refractivity contribution is 7.44. The van der Waals surface area contributed by atoms with E-state index in [1.54, 1.807) is 13.8 Å². The predicted octanol–water partition coefficient (Wildman–Crippen LogP) is -0.705. The molecule has 0 bridgehead atoms. The Labute approximate surface area is 120 Å². The maximum absolute atomic E-state index is 14.3. The van der Waals surface area contributed by atoms with Gasteiger partial charge in [0.1, 0.15) is 6.10 Å². The maximum atomic E-state index is 14.3. The Morgan fingerprint density at radius 2 is 2.10 bits per heavy atom. The second kappa shape index (κ2) is 7.86. The van der Waals surface area contributed by atoms with Crippen LogP contribution in [0.2, 0.25) is 0 Å². The molecule has 0 N–H and O–H groups in total. The van der Waals surface area contributed by atoms with E-state index in [-0.39, 0.29) is 6.61 Å². The molecule has 1 aliphatic rings. The molecular weight excluding hydrogens is 299 g/mol. The van der Waals surface area contributed by atoms with Crippen LogP contribution in [0.1, 0.15) is 20.8 Å². The van der Waals surface area contributed by atoms with E-state index >= 15 is 0 Å². The maximum Gasteiger partial charge on any atom is 0.346 e. The summed E-state index contributed by atoms with van der Waals surface area (Å²) in [5, 5.41) is 13.3. The van der Waals surface area contributed by atoms with Crippen molar-refractivity contribution in [2.45, 2.75) is 44.4 Å². The average molecular weight is 315 g/mol. The van der Waals surface area contributed by atoms with E-state index in [2.05, 4.69) is 27.2 Å². The summed E-state index contributed by atoms with van der Waals surface area (Å²) in [7, 11) is 1.02. The van der Waals surface area contributed by atoms with Crippen molar-refractivity contribution in [3.8, 4) is 0 Å². The summed E-state index contributed by atoms with van der Waals surface area (Å²) in [4.78, 5) is 15.6. The summed E-state index contributed by atoms with van der Waals surface area (Å²) in [5.74, 6) is -2.15. The largest absolute Gasteiger partial charge is 0.692 e. The minimum Gasteiger partial charge on any atom is -0.692 e. The van der Waals surface area contributed by atoms with E-state index < -0.39 is 29.6 Å². The Balaban J connectivity index is 0.00000172. The van der Waals surface area contributed by atoms with Crippen molar-refractivity contribution < 1.29 is 42.8 Å². The van der Waals surface area contributed by atoms with Gasteiger partial charge >= 0.3 is 5.97 Å². The van der Waals surface area contributed by atoms with E-state index in [0.29, 0.717) is 0 Å². The topological polar surface area (TPSA) is 103 Å². The smallest absolute Gasteiger partial charge is 0.346 e. The van der Waals surface area contributed by atoms with Crippen LogP contribution < -0.4 is 5.26 Å². The minimum absolute atomic E-state index is 0.0441. The first-order chi connectivity index (χ1) is 9.24. The third kappa shape index (κ3) is 4.65. The normalized spacial score (nSPS) is 25.0. The van der Waals surface area contributed by atoms with Gasteiger partial charge in [0.05, 0.1) is 13.7 Å². The number of rotatable bonds is 5. The molecule has 1 aliphatic heterocycles. The predicted molar refractivity (Wildman–Crippen MR) is 60.5 cm³/mol. The highest BCUT2D eigenvalue weighted by Crippen LogP contribution is 2.32. The molecule has 20 heavy (non-hydrogen) atoms. The van der Waals surface area contributed by atoms with Crippen molar-refractivity contribution in [2.24, 2.45) is 0 Å². The first-order valence-electron chi connectivity index (χ1n) is 5.45. The Kier molecular flexibility index (Phi) is 7.55. The quantitative estimate of drug-likeness (QED) is 0.370. The third-order valence-corrected chi connectivity index (χ3v) is 2.63. The molecule has 0 aromatic carbocycles. The minimum atomic E-state index is -2.60. The van der Waals surface area contributed by atoms with Crippen LogP contribution in [-0.2, 0) is 41.5 Å². The van der Waals surface area contributed by atoms with Gasteiger partial charge in [-0.1, -0.05) is 0 Å². The molecule has 8 nitrogen and oxygen atoms in total. The number of carbonyl (C=O) groups is 1. The molecule has 1 saturated heterocycles. The number of carbonyl (C=O) groups excluding carboxylic acids is 1. The SMILES string of the molecule is COC(=O)[C@](C)(F)[C@H](OO[O-])C1COC(C)(C)O1.O=S. The number of halogens is 1. The number of esters is 1. The zero-order valence-corrected chi connectivity index (χ0v) is 12.2. The Hall–Kier alpha value is -0.780. The lowest BCUT2D eigenvalue weighted by Gasteiger charge is -2.31. The lowest BCUT2D eigenvalue weighted by atomic mass is 9.97. The fourth-order valence-electron chi connectivity index (χ4n) is 1.72. The molecule has 1 unspecified atom stereocenters. The van der Waals surface area contributed by atoms with Crippen molar-refractivity contribution in [1.82, 2.24) is 0 Å². The second-order valence-electron chi connectivity index (χ2n) is 4.52. The Morgan fingerprint density at radius 3 is 2.45 bits per heavy atom. The van der Waals surface area contributed by atoms with Crippen LogP contribution in [-0.4, -0.2) is 47.6 Å². The van der Waals surface area contributed by atoms with Crippen molar-refractivity contribution >= 4 is 18.5 Å². The van der Waals surface area contributed by atoms with E-state index in [0.717, 1.165) is 14.0 Å². The van der Waals surface area contributed by atoms with Gasteiger partial charge in [0.2, 0.25) is 5.67 Å². The monoisotopic (exact) mass is 315 g/mol. The molecule has 3 atom stereocenters. The third-order valence-electron chi connectivity index (χ3n) is 2.63. The molecule has 10 heteroatoms. The van der Waals surface area contributed by atoms with Gasteiger partial charge in [-0.25, -0.2) is 14.1 Å². The van der Waals surface area contributed by atoms with Gasteiger partial charge in [-0.3, -0.25) is 5.04 Å². The van der Waals surface area contributed by atoms with E-state index in [1.807, 2.05) is 0 Å². The van der Waals surface area contributed by atoms with Gasteiger partial charge in [0, 0.05) is 0 Å². The van der Waals surface area contributed by atoms with Gasteiger partial charge in [0.15, 0.2) is 24.4 Å². The summed E-state index contributed by atoms with van der Waals surface area (Å²) in [5.41, 5.74) is -2.60. The number of alkyl halides is 1. The molecular formula is C10H16FO8S-. The number of hydrogen-bond donors (Lipinski definition) is 0. The summed E-state index contributed by atoms with van der Waals surface area (Å²) in [6.45, 7) is 4.08. The zero-order valence-electron chi connectivity index (χ0n) is 11.4. The second-order valence-corrected chi connectivity index (χ2v) is 4.52. The molecule has 0 saturated carbocycles. The van der Waals surface area contributed by atoms with Gasteiger partial charge in [-0.05, 0) is 20.8 Å². The van der Waals surface area contributed by atoms with Crippen LogP contribution in [0.15, 0.2) is 0 Å². The van der Waals surface area contributed by atoms with Crippen molar-refractivity contribution in [1.29, 1.82) is 0 Å². The molecule has 0 spiro atoms. The summed E-state index contributed by atoms with van der Waals surface area (Å²) < 4.78 is 37.0. The van der Waals surface area contributed by atoms with Gasteiger partial charge in [0.25, 0.3) is 0 Å². The summed E-state index contributed by atoms with van der Waals surface area (Å²) in [6.07, 6.45) is -2.56. The zero-order chi connectivity index (χ0) is 16.0. The number of hydrogen-bond acceptors (Lipinski definition) is 9. The highest BCUT2D eigenvalue weighted by Gasteiger charge is 2.52. The molecule has 0 aromatic rings. The van der Waals surface area contributed by atoms with E-state index in [1.165, 1.54) is 0 Å². The van der Waals surface area contributed by atoms with Crippen LogP contribution >= 0.6 is 0 Å². The molecule has 0 radical (unpaired) electrons. The van der Waals surface area contributed by atoms with Crippen LogP contribution in [0, 0.1) is 0 Å². The first-order valence-corrected chi connectivity index (χ1v) is 5.79. The van der Waals surface area contributed by atoms with Gasteiger partial charge in [-0.2, -0.15) is 4.21 Å². The lowest BCUT2D eigenvalue weighted by Crippen LogP contribution is -2.53. The lowest BCUT2D eigenvalue weighted by molar-refractivity contribution is -0.807. The fourth-order valence-corrected chi connectivity index (χ4v) is 1.72. The standard InChI is InChI=1S/C10H17FO7.OS/c1-9(2)15-5-6(16-9)7(17-18-13)10(3,11)8(12)14-4;1-2/h6-7,13H,5H2,1-4H3;/p-1/t6?,7-,10-;/m1./s1. The molecule has 118 valence electrons. The van der Waals surface area contributed by atoms with Crippen LogP contribution in [0.5, 0.6) is 0 Å². The fraction of sp³-hybridized carbons (Fsp3) is 0.900. The molecule has 1 fully saturated rings. The number of ether oxygens (including phenoxy) is 3. The molecule has 0 aliphatic carbocycles. The summed E-state index contributed by atoms with van der Waals surface area (Å²) in [6, 6.07) is 0. The molecule has 0 aromatic heterocycles. The van der Waals surface area contributed by atoms with Crippen LogP contribution in [0.25, 0.3) is 0 Å². The van der Waals surface area contributed by atoms with Gasteiger partial charge < -0.3 is 19.5 Å². The average Bonchev–Trinajstić information content (AvgIpc) is 2.76. The molecule has 0 amide bonds. The Morgan fingerprint density at radius 1 is 1.55 bits per heavy atom. The van der Waals surface area contributed by atoms with Gasteiger partial charge in [-0.15, -0.1) is 0 Å². The van der Waals surface area contributed by atoms with Crippen LogP contribution in [0.4, 0.5) is 4.39 Å². The molecule has 1 heterocycles. The van der Waals surface area contributed by atoms with E-state index in [4.69, 9.17) is 13.7 Å². The molecule has 1 rings (SSSR count). The number of methoxy groups -OCH3 is 1. The first kappa shape index (κ1) is 19.2. The van der Waals surface area contributed by atoms with Crippen LogP contribution in [0.3, 0.4) is 0 Å². The Bertz CT molecular complexity index is 324. The van der Waals surface area contributed by atoms with Crippen molar-refractivity contribution in [2.75, 3.05) is 13.7 Å². The van der Waals surface area contributed by atoms with Crippen molar-refractivity contribution in [3.63, 3.8) is 0 Å².